The Morgan fingerprint density at radius 3 is 0.810 bits per heavy atom. The van der Waals surface area contributed by atoms with Crippen LogP contribution in [0.4, 0.5) is 0 Å². The van der Waals surface area contributed by atoms with Crippen molar-refractivity contribution in [1.82, 2.24) is 0 Å². The molecule has 5 atom stereocenters. The summed E-state index contributed by atoms with van der Waals surface area (Å²) in [5.41, 5.74) is 0. The number of unbranched alkanes of at least 4 members (excludes halogenated alkanes) is 31. The molecule has 0 radical (unpaired) electrons. The van der Waals surface area contributed by atoms with Gasteiger partial charge >= 0.3 is 39.5 Å². The number of ether oxygens (including phenoxy) is 4. The monoisotopic (exact) mass is 1240 g/mol. The molecule has 17 nitrogen and oxygen atoms in total. The van der Waals surface area contributed by atoms with Crippen molar-refractivity contribution in [3.63, 3.8) is 0 Å². The summed E-state index contributed by atoms with van der Waals surface area (Å²) < 4.78 is 68.0. The molecule has 0 aliphatic carbocycles. The molecule has 0 heterocycles. The van der Waals surface area contributed by atoms with E-state index in [1.54, 1.807) is 0 Å². The smallest absolute Gasteiger partial charge is 0.462 e. The van der Waals surface area contributed by atoms with Crippen LogP contribution in [-0.2, 0) is 65.4 Å². The van der Waals surface area contributed by atoms with Crippen LogP contribution in [0.2, 0.25) is 0 Å². The number of carbonyl (C=O) groups is 4. The summed E-state index contributed by atoms with van der Waals surface area (Å²) in [6, 6.07) is 0. The number of carbonyl (C=O) groups excluding carboxylic acids is 4. The maximum atomic E-state index is 13.0. The quantitative estimate of drug-likeness (QED) is 0.0222. The Labute approximate surface area is 511 Å². The summed E-state index contributed by atoms with van der Waals surface area (Å²) in [5.74, 6) is 0.0802. The molecule has 0 spiro atoms. The molecule has 0 fully saturated rings. The Morgan fingerprint density at radius 2 is 0.548 bits per heavy atom. The van der Waals surface area contributed by atoms with Crippen molar-refractivity contribution in [1.29, 1.82) is 0 Å². The highest BCUT2D eigenvalue weighted by molar-refractivity contribution is 7.47. The number of hydrogen-bond donors (Lipinski definition) is 3. The SMILES string of the molecule is CCCCCCCCCC(=O)OC[C@H](COP(=O)(O)OC[C@H](O)COP(=O)(O)OC[C@@H](COC(=O)CCCCCCCCCCCCC(C)C)OC(=O)CCCCCCCCCCCCCC(C)C)OC(=O)CCCCCCCCCC(C)C. The summed E-state index contributed by atoms with van der Waals surface area (Å²) >= 11 is 0. The summed E-state index contributed by atoms with van der Waals surface area (Å²) in [5, 5.41) is 10.5. The van der Waals surface area contributed by atoms with Gasteiger partial charge in [0.05, 0.1) is 26.4 Å². The van der Waals surface area contributed by atoms with E-state index >= 15 is 0 Å². The molecule has 0 aromatic carbocycles. The first-order valence-electron chi connectivity index (χ1n) is 33.8. The first-order chi connectivity index (χ1) is 40.2. The Morgan fingerprint density at radius 1 is 0.321 bits per heavy atom. The minimum Gasteiger partial charge on any atom is -0.462 e. The summed E-state index contributed by atoms with van der Waals surface area (Å²) in [6.07, 6.45) is 37.7. The number of phosphoric acid groups is 2. The van der Waals surface area contributed by atoms with Crippen molar-refractivity contribution in [2.45, 2.75) is 336 Å². The van der Waals surface area contributed by atoms with Crippen LogP contribution in [0.15, 0.2) is 0 Å². The fraction of sp³-hybridized carbons (Fsp3) is 0.938. The largest absolute Gasteiger partial charge is 0.472 e. The zero-order valence-corrected chi connectivity index (χ0v) is 56.1. The van der Waals surface area contributed by atoms with Crippen LogP contribution >= 0.6 is 15.6 Å². The van der Waals surface area contributed by atoms with E-state index < -0.39 is 97.5 Å². The lowest BCUT2D eigenvalue weighted by Crippen LogP contribution is -2.30. The van der Waals surface area contributed by atoms with Gasteiger partial charge in [-0.3, -0.25) is 37.3 Å². The molecule has 19 heteroatoms. The highest BCUT2D eigenvalue weighted by atomic mass is 31.2. The van der Waals surface area contributed by atoms with Gasteiger partial charge in [0.25, 0.3) is 0 Å². The van der Waals surface area contributed by atoms with E-state index in [4.69, 9.17) is 37.0 Å². The van der Waals surface area contributed by atoms with E-state index in [1.807, 2.05) is 0 Å². The number of hydrogen-bond acceptors (Lipinski definition) is 15. The molecule has 2 unspecified atom stereocenters. The van der Waals surface area contributed by atoms with Gasteiger partial charge in [0.15, 0.2) is 12.2 Å². The molecule has 0 aliphatic heterocycles. The molecule has 0 saturated heterocycles. The molecule has 0 aromatic rings. The van der Waals surface area contributed by atoms with Gasteiger partial charge in [0.2, 0.25) is 0 Å². The maximum absolute atomic E-state index is 13.0. The van der Waals surface area contributed by atoms with Crippen LogP contribution < -0.4 is 0 Å². The molecule has 0 amide bonds. The number of aliphatic hydroxyl groups excluding tert-OH is 1. The third kappa shape index (κ3) is 59.0. The van der Waals surface area contributed by atoms with Gasteiger partial charge in [-0.05, 0) is 43.4 Å². The summed E-state index contributed by atoms with van der Waals surface area (Å²) in [6.45, 7) is 11.7. The second kappa shape index (κ2) is 56.3. The van der Waals surface area contributed by atoms with E-state index in [1.165, 1.54) is 116 Å². The van der Waals surface area contributed by atoms with Crippen LogP contribution in [0.3, 0.4) is 0 Å². The predicted octanol–water partition coefficient (Wildman–Crippen LogP) is 17.9. The number of phosphoric ester groups is 2. The van der Waals surface area contributed by atoms with Crippen molar-refractivity contribution in [2.24, 2.45) is 17.8 Å². The number of rotatable bonds is 63. The Balaban J connectivity index is 5.22. The first kappa shape index (κ1) is 82.1. The van der Waals surface area contributed by atoms with Gasteiger partial charge in [-0.1, -0.05) is 267 Å². The molecule has 0 aliphatic rings. The van der Waals surface area contributed by atoms with Crippen molar-refractivity contribution < 1.29 is 80.2 Å². The van der Waals surface area contributed by atoms with Crippen LogP contribution in [0.1, 0.15) is 318 Å². The van der Waals surface area contributed by atoms with Crippen LogP contribution in [0, 0.1) is 17.8 Å². The van der Waals surface area contributed by atoms with E-state index in [9.17, 15) is 43.2 Å². The number of esters is 4. The van der Waals surface area contributed by atoms with E-state index in [-0.39, 0.29) is 25.7 Å². The lowest BCUT2D eigenvalue weighted by molar-refractivity contribution is -0.161. The van der Waals surface area contributed by atoms with Gasteiger partial charge < -0.3 is 33.8 Å². The van der Waals surface area contributed by atoms with Crippen molar-refractivity contribution in [2.75, 3.05) is 39.6 Å². The average Bonchev–Trinajstić information content (AvgIpc) is 3.51. The minimum atomic E-state index is -4.95. The van der Waals surface area contributed by atoms with Gasteiger partial charge in [-0.25, -0.2) is 9.13 Å². The van der Waals surface area contributed by atoms with Crippen LogP contribution in [0.5, 0.6) is 0 Å². The molecule has 3 N–H and O–H groups in total. The lowest BCUT2D eigenvalue weighted by atomic mass is 10.0. The van der Waals surface area contributed by atoms with Gasteiger partial charge in [-0.2, -0.15) is 0 Å². The second-order valence-electron chi connectivity index (χ2n) is 24.9. The predicted molar refractivity (Wildman–Crippen MR) is 335 cm³/mol. The van der Waals surface area contributed by atoms with Gasteiger partial charge in [0.1, 0.15) is 19.3 Å². The standard InChI is InChI=1S/C65H126O17P2/c1-8-9-10-11-22-32-39-46-62(67)75-52-60(82-65(70)49-42-35-28-21-25-31-38-45-58(6)7)54-79-83(71,72)77-50-59(66)51-78-84(73,74)80-55-61(53-76-63(68)47-40-33-26-19-16-15-18-24-30-37-44-57(4)5)81-64(69)48-41-34-27-20-14-12-13-17-23-29-36-43-56(2)3/h56-61,66H,8-55H2,1-7H3,(H,71,72)(H,73,74)/t59-,60+,61+/m0/s1. The molecule has 0 saturated carbocycles. The Kier molecular flexibility index (Phi) is 55.0. The molecule has 84 heavy (non-hydrogen) atoms. The van der Waals surface area contributed by atoms with Crippen molar-refractivity contribution in [3.8, 4) is 0 Å². The van der Waals surface area contributed by atoms with Crippen LogP contribution in [0.25, 0.3) is 0 Å². The third-order valence-electron chi connectivity index (χ3n) is 14.9. The van der Waals surface area contributed by atoms with E-state index in [0.717, 1.165) is 115 Å². The zero-order valence-electron chi connectivity index (χ0n) is 54.4. The highest BCUT2D eigenvalue weighted by Gasteiger charge is 2.30. The topological polar surface area (TPSA) is 237 Å². The van der Waals surface area contributed by atoms with E-state index in [2.05, 4.69) is 48.5 Å². The molecule has 0 aromatic heterocycles. The van der Waals surface area contributed by atoms with Gasteiger partial charge in [0, 0.05) is 25.7 Å². The fourth-order valence-corrected chi connectivity index (χ4v) is 11.2. The van der Waals surface area contributed by atoms with E-state index in [0.29, 0.717) is 31.6 Å². The molecular formula is C65H126O17P2. The normalized spacial score (nSPS) is 14.3. The highest BCUT2D eigenvalue weighted by Crippen LogP contribution is 2.45. The molecular weight excluding hydrogens is 1110 g/mol. The van der Waals surface area contributed by atoms with Crippen LogP contribution in [-0.4, -0.2) is 96.7 Å². The average molecular weight is 1240 g/mol. The fourth-order valence-electron chi connectivity index (χ4n) is 9.66. The van der Waals surface area contributed by atoms with Crippen molar-refractivity contribution in [3.05, 3.63) is 0 Å². The molecule has 0 rings (SSSR count). The minimum absolute atomic E-state index is 0.103. The summed E-state index contributed by atoms with van der Waals surface area (Å²) in [7, 11) is -9.89. The summed E-state index contributed by atoms with van der Waals surface area (Å²) in [4.78, 5) is 72.2. The van der Waals surface area contributed by atoms with Crippen molar-refractivity contribution >= 4 is 39.5 Å². The lowest BCUT2D eigenvalue weighted by Gasteiger charge is -2.21. The Bertz CT molecular complexity index is 1660. The molecule has 498 valence electrons. The maximum Gasteiger partial charge on any atom is 0.472 e. The second-order valence-corrected chi connectivity index (χ2v) is 27.8. The third-order valence-corrected chi connectivity index (χ3v) is 16.8. The first-order valence-corrected chi connectivity index (χ1v) is 36.8. The Hall–Kier alpha value is -1.94. The molecule has 0 bridgehead atoms. The number of aliphatic hydroxyl groups is 1. The zero-order chi connectivity index (χ0) is 62.4. The van der Waals surface area contributed by atoms with Gasteiger partial charge in [-0.15, -0.1) is 0 Å².